The summed E-state index contributed by atoms with van der Waals surface area (Å²) in [5, 5.41) is 6.79. The summed E-state index contributed by atoms with van der Waals surface area (Å²) in [6.45, 7) is 1.79. The van der Waals surface area contributed by atoms with Crippen molar-refractivity contribution >= 4 is 0 Å². The van der Waals surface area contributed by atoms with Gasteiger partial charge in [0.2, 0.25) is 0 Å². The van der Waals surface area contributed by atoms with Crippen molar-refractivity contribution in [3.63, 3.8) is 0 Å². The van der Waals surface area contributed by atoms with Crippen LogP contribution in [0.3, 0.4) is 0 Å². The summed E-state index contributed by atoms with van der Waals surface area (Å²) in [5.41, 5.74) is 2.40. The van der Waals surface area contributed by atoms with Gasteiger partial charge in [-0.05, 0) is 36.8 Å². The van der Waals surface area contributed by atoms with Gasteiger partial charge >= 0.3 is 0 Å². The Morgan fingerprint density at radius 1 is 0.950 bits per heavy atom. The van der Waals surface area contributed by atoms with Crippen LogP contribution in [0.5, 0.6) is 0 Å². The van der Waals surface area contributed by atoms with Crippen molar-refractivity contribution in [3.8, 4) is 22.4 Å². The highest BCUT2D eigenvalue weighted by molar-refractivity contribution is 5.82. The lowest BCUT2D eigenvalue weighted by Gasteiger charge is -2.07. The van der Waals surface area contributed by atoms with Crippen LogP contribution in [0.1, 0.15) is 5.69 Å². The second-order valence-corrected chi connectivity index (χ2v) is 4.39. The highest BCUT2D eigenvalue weighted by Gasteiger charge is 2.19. The maximum Gasteiger partial charge on any atom is 0.135 e. The standard InChI is InChI=1S/C15H11F2N3/c1-9-13(10-5-7-18-8-6-10)15(20-19-9)14-11(16)3-2-4-12(14)17/h2-8H,1H3,(H,19,20). The minimum atomic E-state index is -0.621. The van der Waals surface area contributed by atoms with Gasteiger partial charge in [0.1, 0.15) is 11.6 Å². The first-order valence-electron chi connectivity index (χ1n) is 6.08. The zero-order valence-corrected chi connectivity index (χ0v) is 10.7. The maximum atomic E-state index is 13.9. The molecule has 5 heteroatoms. The van der Waals surface area contributed by atoms with Crippen LogP contribution in [0.2, 0.25) is 0 Å². The number of nitrogens with zero attached hydrogens (tertiary/aromatic N) is 2. The van der Waals surface area contributed by atoms with Crippen molar-refractivity contribution in [2.75, 3.05) is 0 Å². The number of benzene rings is 1. The van der Waals surface area contributed by atoms with E-state index in [0.29, 0.717) is 17.0 Å². The van der Waals surface area contributed by atoms with Gasteiger partial charge in [0.15, 0.2) is 0 Å². The predicted molar refractivity (Wildman–Crippen MR) is 71.9 cm³/mol. The summed E-state index contributed by atoms with van der Waals surface area (Å²) in [4.78, 5) is 3.94. The van der Waals surface area contributed by atoms with Crippen LogP contribution < -0.4 is 0 Å². The average molecular weight is 271 g/mol. The van der Waals surface area contributed by atoms with Crippen LogP contribution in [-0.4, -0.2) is 15.2 Å². The van der Waals surface area contributed by atoms with Gasteiger partial charge in [-0.3, -0.25) is 10.1 Å². The van der Waals surface area contributed by atoms with Gasteiger partial charge < -0.3 is 0 Å². The number of rotatable bonds is 2. The monoisotopic (exact) mass is 271 g/mol. The van der Waals surface area contributed by atoms with Crippen molar-refractivity contribution in [1.82, 2.24) is 15.2 Å². The lowest BCUT2D eigenvalue weighted by Crippen LogP contribution is -1.92. The fraction of sp³-hybridized carbons (Fsp3) is 0.0667. The summed E-state index contributed by atoms with van der Waals surface area (Å²) in [5.74, 6) is -1.24. The van der Waals surface area contributed by atoms with Gasteiger partial charge in [-0.25, -0.2) is 8.78 Å². The molecule has 0 unspecified atom stereocenters. The quantitative estimate of drug-likeness (QED) is 0.771. The van der Waals surface area contributed by atoms with E-state index in [9.17, 15) is 8.78 Å². The third-order valence-corrected chi connectivity index (χ3v) is 3.13. The highest BCUT2D eigenvalue weighted by Crippen LogP contribution is 2.35. The smallest absolute Gasteiger partial charge is 0.135 e. The number of aryl methyl sites for hydroxylation is 1. The number of aromatic amines is 1. The lowest BCUT2D eigenvalue weighted by atomic mass is 9.99. The molecule has 0 atom stereocenters. The number of H-pyrrole nitrogens is 1. The molecule has 2 heterocycles. The van der Waals surface area contributed by atoms with Crippen LogP contribution in [0, 0.1) is 18.6 Å². The molecule has 3 aromatic rings. The van der Waals surface area contributed by atoms with Gasteiger partial charge in [0.25, 0.3) is 0 Å². The van der Waals surface area contributed by atoms with E-state index in [1.54, 1.807) is 31.5 Å². The molecule has 0 aliphatic heterocycles. The van der Waals surface area contributed by atoms with E-state index in [4.69, 9.17) is 0 Å². The van der Waals surface area contributed by atoms with E-state index in [2.05, 4.69) is 15.2 Å². The lowest BCUT2D eigenvalue weighted by molar-refractivity contribution is 0.588. The van der Waals surface area contributed by atoms with Gasteiger partial charge in [-0.15, -0.1) is 0 Å². The number of halogens is 2. The van der Waals surface area contributed by atoms with Gasteiger partial charge in [0, 0.05) is 18.0 Å². The molecular formula is C15H11F2N3. The van der Waals surface area contributed by atoms with E-state index in [1.807, 2.05) is 0 Å². The Bertz CT molecular complexity index is 731. The zero-order chi connectivity index (χ0) is 14.1. The molecule has 0 radical (unpaired) electrons. The SMILES string of the molecule is Cc1n[nH]c(-c2c(F)cccc2F)c1-c1ccncc1. The molecule has 0 saturated carbocycles. The van der Waals surface area contributed by atoms with Crippen molar-refractivity contribution in [1.29, 1.82) is 0 Å². The van der Waals surface area contributed by atoms with E-state index in [1.165, 1.54) is 18.2 Å². The van der Waals surface area contributed by atoms with Crippen LogP contribution in [0.25, 0.3) is 22.4 Å². The molecule has 3 nitrogen and oxygen atoms in total. The molecule has 100 valence electrons. The molecule has 0 bridgehead atoms. The van der Waals surface area contributed by atoms with Gasteiger partial charge in [-0.2, -0.15) is 5.10 Å². The Balaban J connectivity index is 2.27. The molecule has 0 aliphatic rings. The normalized spacial score (nSPS) is 10.8. The van der Waals surface area contributed by atoms with Crippen molar-refractivity contribution < 1.29 is 8.78 Å². The first kappa shape index (κ1) is 12.5. The molecular weight excluding hydrogens is 260 g/mol. The fourth-order valence-electron chi connectivity index (χ4n) is 2.22. The molecule has 0 amide bonds. The predicted octanol–water partition coefficient (Wildman–Crippen LogP) is 3.73. The van der Waals surface area contributed by atoms with Crippen molar-refractivity contribution in [3.05, 3.63) is 60.1 Å². The van der Waals surface area contributed by atoms with Crippen LogP contribution in [0.15, 0.2) is 42.7 Å². The molecule has 20 heavy (non-hydrogen) atoms. The van der Waals surface area contributed by atoms with E-state index in [-0.39, 0.29) is 5.56 Å². The Kier molecular flexibility index (Phi) is 3.02. The average Bonchev–Trinajstić information content (AvgIpc) is 2.81. The van der Waals surface area contributed by atoms with Crippen LogP contribution in [0.4, 0.5) is 8.78 Å². The summed E-state index contributed by atoms with van der Waals surface area (Å²) in [7, 11) is 0. The number of pyridine rings is 1. The number of nitrogens with one attached hydrogen (secondary N) is 1. The summed E-state index contributed by atoms with van der Waals surface area (Å²) < 4.78 is 27.9. The molecule has 0 aliphatic carbocycles. The Morgan fingerprint density at radius 2 is 1.60 bits per heavy atom. The molecule has 2 aromatic heterocycles. The molecule has 1 aromatic carbocycles. The number of aromatic nitrogens is 3. The van der Waals surface area contributed by atoms with Crippen molar-refractivity contribution in [2.45, 2.75) is 6.92 Å². The summed E-state index contributed by atoms with van der Waals surface area (Å²) in [6.07, 6.45) is 3.26. The van der Waals surface area contributed by atoms with Crippen LogP contribution in [-0.2, 0) is 0 Å². The summed E-state index contributed by atoms with van der Waals surface area (Å²) in [6, 6.07) is 7.35. The van der Waals surface area contributed by atoms with Gasteiger partial charge in [0.05, 0.1) is 17.0 Å². The highest BCUT2D eigenvalue weighted by atomic mass is 19.1. The Morgan fingerprint density at radius 3 is 2.25 bits per heavy atom. The zero-order valence-electron chi connectivity index (χ0n) is 10.7. The topological polar surface area (TPSA) is 41.6 Å². The molecule has 0 fully saturated rings. The minimum absolute atomic E-state index is 0.0973. The van der Waals surface area contributed by atoms with Crippen LogP contribution >= 0.6 is 0 Å². The third kappa shape index (κ3) is 1.97. The van der Waals surface area contributed by atoms with E-state index >= 15 is 0 Å². The first-order chi connectivity index (χ1) is 9.68. The van der Waals surface area contributed by atoms with E-state index in [0.717, 1.165) is 5.56 Å². The Labute approximate surface area is 114 Å². The molecule has 0 saturated heterocycles. The number of hydrogen-bond donors (Lipinski definition) is 1. The van der Waals surface area contributed by atoms with Crippen molar-refractivity contribution in [2.24, 2.45) is 0 Å². The minimum Gasteiger partial charge on any atom is -0.277 e. The molecule has 3 rings (SSSR count). The first-order valence-corrected chi connectivity index (χ1v) is 6.08. The van der Waals surface area contributed by atoms with Gasteiger partial charge in [-0.1, -0.05) is 6.07 Å². The molecule has 1 N–H and O–H groups in total. The second-order valence-electron chi connectivity index (χ2n) is 4.39. The number of hydrogen-bond acceptors (Lipinski definition) is 2. The fourth-order valence-corrected chi connectivity index (χ4v) is 2.22. The largest absolute Gasteiger partial charge is 0.277 e. The second kappa shape index (κ2) is 4.85. The van der Waals surface area contributed by atoms with E-state index < -0.39 is 11.6 Å². The molecule has 0 spiro atoms. The maximum absolute atomic E-state index is 13.9. The third-order valence-electron chi connectivity index (χ3n) is 3.13. The Hall–Kier alpha value is -2.56. The summed E-state index contributed by atoms with van der Waals surface area (Å²) >= 11 is 0.